The van der Waals surface area contributed by atoms with Crippen molar-refractivity contribution in [1.29, 1.82) is 0 Å². The molecule has 2 aromatic carbocycles. The second kappa shape index (κ2) is 8.11. The number of likely N-dealkylation sites (tertiary alicyclic amines) is 1. The number of aliphatic hydroxyl groups excluding tert-OH is 1. The fraction of sp³-hybridized carbons (Fsp3) is 0.381. The van der Waals surface area contributed by atoms with Crippen LogP contribution >= 0.6 is 12.4 Å². The van der Waals surface area contributed by atoms with Crippen molar-refractivity contribution in [3.8, 4) is 11.1 Å². The zero-order valence-electron chi connectivity index (χ0n) is 14.6. The van der Waals surface area contributed by atoms with Gasteiger partial charge in [-0.25, -0.2) is 4.79 Å². The number of aliphatic hydroxyl groups is 1. The Balaban J connectivity index is 0.00000196. The predicted octanol–water partition coefficient (Wildman–Crippen LogP) is 4.20. The van der Waals surface area contributed by atoms with Crippen molar-refractivity contribution in [3.63, 3.8) is 0 Å². The summed E-state index contributed by atoms with van der Waals surface area (Å²) < 4.78 is 5.71. The first-order valence-electron chi connectivity index (χ1n) is 9.02. The highest BCUT2D eigenvalue weighted by atomic mass is 35.5. The number of rotatable bonds is 4. The van der Waals surface area contributed by atoms with E-state index in [9.17, 15) is 4.79 Å². The van der Waals surface area contributed by atoms with E-state index in [0.717, 1.165) is 19.4 Å². The fourth-order valence-electron chi connectivity index (χ4n) is 4.20. The van der Waals surface area contributed by atoms with Crippen LogP contribution in [0, 0.1) is 0 Å². The minimum Gasteiger partial charge on any atom is -0.448 e. The van der Waals surface area contributed by atoms with Gasteiger partial charge in [0.25, 0.3) is 0 Å². The smallest absolute Gasteiger partial charge is 0.410 e. The number of hydrogen-bond acceptors (Lipinski definition) is 3. The van der Waals surface area contributed by atoms with Crippen LogP contribution in [0.25, 0.3) is 11.1 Å². The Bertz CT molecular complexity index is 734. The summed E-state index contributed by atoms with van der Waals surface area (Å²) in [5.74, 6) is 0.0928. The van der Waals surface area contributed by atoms with Crippen molar-refractivity contribution in [1.82, 2.24) is 4.90 Å². The summed E-state index contributed by atoms with van der Waals surface area (Å²) in [6.07, 6.45) is 2.31. The Morgan fingerprint density at radius 3 is 2.31 bits per heavy atom. The average molecular weight is 374 g/mol. The first-order chi connectivity index (χ1) is 12.3. The van der Waals surface area contributed by atoms with E-state index in [1.54, 1.807) is 4.90 Å². The molecule has 1 saturated heterocycles. The van der Waals surface area contributed by atoms with Crippen molar-refractivity contribution in [2.24, 2.45) is 0 Å². The third-order valence-corrected chi connectivity index (χ3v) is 5.41. The summed E-state index contributed by atoms with van der Waals surface area (Å²) in [5, 5.41) is 9.17. The quantitative estimate of drug-likeness (QED) is 0.873. The van der Waals surface area contributed by atoms with Gasteiger partial charge >= 0.3 is 6.09 Å². The molecule has 4 rings (SSSR count). The maximum Gasteiger partial charge on any atom is 0.410 e. The maximum atomic E-state index is 12.5. The molecule has 5 heteroatoms. The molecular formula is C21H24ClNO3. The van der Waals surface area contributed by atoms with E-state index in [0.29, 0.717) is 13.0 Å². The topological polar surface area (TPSA) is 49.8 Å². The highest BCUT2D eigenvalue weighted by Gasteiger charge is 2.32. The number of fused-ring (bicyclic) bond motifs is 3. The lowest BCUT2D eigenvalue weighted by molar-refractivity contribution is 0.0908. The van der Waals surface area contributed by atoms with Crippen molar-refractivity contribution >= 4 is 18.5 Å². The second-order valence-electron chi connectivity index (χ2n) is 6.81. The van der Waals surface area contributed by atoms with Gasteiger partial charge in [-0.05, 0) is 41.5 Å². The molecule has 138 valence electrons. The van der Waals surface area contributed by atoms with Gasteiger partial charge < -0.3 is 14.7 Å². The summed E-state index contributed by atoms with van der Waals surface area (Å²) in [7, 11) is 0. The van der Waals surface area contributed by atoms with Gasteiger partial charge in [-0.15, -0.1) is 12.4 Å². The van der Waals surface area contributed by atoms with Crippen LogP contribution in [0.1, 0.15) is 36.3 Å². The number of carbonyl (C=O) groups excluding carboxylic acids is 1. The van der Waals surface area contributed by atoms with E-state index >= 15 is 0 Å². The molecule has 4 nitrogen and oxygen atoms in total. The van der Waals surface area contributed by atoms with E-state index in [4.69, 9.17) is 9.84 Å². The van der Waals surface area contributed by atoms with Crippen LogP contribution in [0.2, 0.25) is 0 Å². The molecule has 1 N–H and O–H groups in total. The number of halogens is 1. The van der Waals surface area contributed by atoms with Gasteiger partial charge in [0.2, 0.25) is 0 Å². The van der Waals surface area contributed by atoms with Crippen molar-refractivity contribution in [2.45, 2.75) is 31.2 Å². The van der Waals surface area contributed by atoms with Gasteiger partial charge in [-0.2, -0.15) is 0 Å². The molecule has 1 amide bonds. The maximum absolute atomic E-state index is 12.5. The van der Waals surface area contributed by atoms with E-state index in [-0.39, 0.29) is 37.1 Å². The van der Waals surface area contributed by atoms with E-state index < -0.39 is 0 Å². The molecule has 1 heterocycles. The van der Waals surface area contributed by atoms with Crippen LogP contribution in [-0.4, -0.2) is 41.9 Å². The molecule has 26 heavy (non-hydrogen) atoms. The normalized spacial score (nSPS) is 18.2. The number of carbonyl (C=O) groups is 1. The lowest BCUT2D eigenvalue weighted by Crippen LogP contribution is -2.37. The molecule has 1 atom stereocenters. The molecule has 2 aromatic rings. The minimum atomic E-state index is -0.252. The van der Waals surface area contributed by atoms with Crippen LogP contribution in [0.15, 0.2) is 48.5 Å². The minimum absolute atomic E-state index is 0. The van der Waals surface area contributed by atoms with E-state index in [1.165, 1.54) is 22.3 Å². The molecule has 1 aliphatic heterocycles. The monoisotopic (exact) mass is 373 g/mol. The largest absolute Gasteiger partial charge is 0.448 e. The molecule has 0 unspecified atom stereocenters. The molecule has 0 saturated carbocycles. The first kappa shape index (κ1) is 18.7. The Morgan fingerprint density at radius 2 is 1.69 bits per heavy atom. The highest BCUT2D eigenvalue weighted by molar-refractivity contribution is 5.85. The lowest BCUT2D eigenvalue weighted by atomic mass is 9.98. The molecular weight excluding hydrogens is 350 g/mol. The van der Waals surface area contributed by atoms with Gasteiger partial charge in [-0.1, -0.05) is 48.5 Å². The summed E-state index contributed by atoms with van der Waals surface area (Å²) >= 11 is 0. The fourth-order valence-corrected chi connectivity index (χ4v) is 4.20. The third-order valence-electron chi connectivity index (χ3n) is 5.41. The zero-order chi connectivity index (χ0) is 17.2. The van der Waals surface area contributed by atoms with Crippen molar-refractivity contribution in [3.05, 3.63) is 59.7 Å². The summed E-state index contributed by atoms with van der Waals surface area (Å²) in [6, 6.07) is 16.8. The molecule has 1 aliphatic carbocycles. The van der Waals surface area contributed by atoms with Crippen LogP contribution in [0.4, 0.5) is 4.79 Å². The van der Waals surface area contributed by atoms with Crippen LogP contribution in [0.5, 0.6) is 0 Å². The highest BCUT2D eigenvalue weighted by Crippen LogP contribution is 2.44. The van der Waals surface area contributed by atoms with Gasteiger partial charge in [0.15, 0.2) is 0 Å². The Hall–Kier alpha value is -2.04. The van der Waals surface area contributed by atoms with Gasteiger partial charge in [0, 0.05) is 25.1 Å². The van der Waals surface area contributed by atoms with Crippen molar-refractivity contribution < 1.29 is 14.6 Å². The molecule has 2 aliphatic rings. The molecule has 0 aromatic heterocycles. The van der Waals surface area contributed by atoms with Crippen LogP contribution in [0.3, 0.4) is 0 Å². The average Bonchev–Trinajstić information content (AvgIpc) is 3.23. The van der Waals surface area contributed by atoms with E-state index in [2.05, 4.69) is 24.3 Å². The molecule has 0 spiro atoms. The number of benzene rings is 2. The number of hydrogen-bond donors (Lipinski definition) is 1. The van der Waals surface area contributed by atoms with Gasteiger partial charge in [0.05, 0.1) is 0 Å². The Labute approximate surface area is 160 Å². The summed E-state index contributed by atoms with van der Waals surface area (Å²) in [5.41, 5.74) is 4.92. The molecule has 1 fully saturated rings. The zero-order valence-corrected chi connectivity index (χ0v) is 15.5. The van der Waals surface area contributed by atoms with E-state index in [1.807, 2.05) is 24.3 Å². The number of nitrogens with zero attached hydrogens (tertiary/aromatic N) is 1. The lowest BCUT2D eigenvalue weighted by Gasteiger charge is -2.24. The number of amides is 1. The van der Waals surface area contributed by atoms with Crippen LogP contribution in [-0.2, 0) is 4.74 Å². The first-order valence-corrected chi connectivity index (χ1v) is 9.02. The third kappa shape index (κ3) is 3.31. The second-order valence-corrected chi connectivity index (χ2v) is 6.81. The number of ether oxygens (including phenoxy) is 1. The molecule has 0 radical (unpaired) electrons. The van der Waals surface area contributed by atoms with Gasteiger partial charge in [0.1, 0.15) is 6.61 Å². The summed E-state index contributed by atoms with van der Waals surface area (Å²) in [4.78, 5) is 14.3. The standard InChI is InChI=1S/C21H23NO3.ClH/c23-13-11-15-6-5-12-22(15)21(24)25-14-20-18-9-3-1-7-16(18)17-8-2-4-10-19(17)20;/h1-4,7-10,15,20,23H,5-6,11-14H2;1H/t15-;/m0./s1. The Kier molecular flexibility index (Phi) is 5.84. The van der Waals surface area contributed by atoms with Gasteiger partial charge in [-0.3, -0.25) is 0 Å². The Morgan fingerprint density at radius 1 is 1.08 bits per heavy atom. The molecule has 0 bridgehead atoms. The SMILES string of the molecule is Cl.O=C(OCC1c2ccccc2-c2ccccc21)N1CCC[C@H]1CCO. The summed E-state index contributed by atoms with van der Waals surface area (Å²) in [6.45, 7) is 1.19. The van der Waals surface area contributed by atoms with Crippen molar-refractivity contribution in [2.75, 3.05) is 19.8 Å². The predicted molar refractivity (Wildman–Crippen MR) is 104 cm³/mol. The van der Waals surface area contributed by atoms with Crippen LogP contribution < -0.4 is 0 Å².